The highest BCUT2D eigenvalue weighted by molar-refractivity contribution is 5.83. The Labute approximate surface area is 116 Å². The quantitative estimate of drug-likeness (QED) is 0.749. The van der Waals surface area contributed by atoms with E-state index in [1.807, 2.05) is 0 Å². The molecule has 0 aromatic carbocycles. The van der Waals surface area contributed by atoms with Crippen molar-refractivity contribution in [3.63, 3.8) is 0 Å². The summed E-state index contributed by atoms with van der Waals surface area (Å²) in [5.74, 6) is 0.223. The van der Waals surface area contributed by atoms with Crippen molar-refractivity contribution < 1.29 is 9.53 Å². The third-order valence-corrected chi connectivity index (χ3v) is 4.42. The lowest BCUT2D eigenvalue weighted by Gasteiger charge is -2.32. The normalized spacial score (nSPS) is 30.2. The lowest BCUT2D eigenvalue weighted by molar-refractivity contribution is -0.131. The molecule has 0 spiro atoms. The molecule has 2 heterocycles. The maximum atomic E-state index is 12.5. The van der Waals surface area contributed by atoms with Crippen LogP contribution in [0.5, 0.6) is 0 Å². The molecule has 1 amide bonds. The summed E-state index contributed by atoms with van der Waals surface area (Å²) >= 11 is 0. The number of carbonyl (C=O) groups is 1. The number of amides is 1. The van der Waals surface area contributed by atoms with Crippen molar-refractivity contribution in [2.75, 3.05) is 45.9 Å². The van der Waals surface area contributed by atoms with Gasteiger partial charge in [-0.25, -0.2) is 0 Å². The van der Waals surface area contributed by atoms with Crippen molar-refractivity contribution in [3.05, 3.63) is 0 Å². The van der Waals surface area contributed by atoms with Gasteiger partial charge in [0.05, 0.1) is 18.6 Å². The minimum absolute atomic E-state index is 0.181. The first-order valence-electron chi connectivity index (χ1n) is 7.48. The predicted octanol–water partition coefficient (Wildman–Crippen LogP) is 0.213. The van der Waals surface area contributed by atoms with Gasteiger partial charge in [-0.15, -0.1) is 0 Å². The van der Waals surface area contributed by atoms with Crippen molar-refractivity contribution >= 4 is 5.91 Å². The standard InChI is InChI=1S/C14H27N3O2/c1-3-14(4-5-15-11-14)13(18)16-12(2)10-17-6-8-19-9-7-17/h12,15H,3-11H2,1-2H3,(H,16,18). The van der Waals surface area contributed by atoms with Crippen LogP contribution in [0.1, 0.15) is 26.7 Å². The number of morpholine rings is 1. The molecule has 2 N–H and O–H groups in total. The molecule has 0 aromatic rings. The topological polar surface area (TPSA) is 53.6 Å². The third kappa shape index (κ3) is 3.68. The Balaban J connectivity index is 1.80. The summed E-state index contributed by atoms with van der Waals surface area (Å²) in [6, 6.07) is 0.203. The fourth-order valence-electron chi connectivity index (χ4n) is 2.99. The first kappa shape index (κ1) is 14.8. The zero-order valence-electron chi connectivity index (χ0n) is 12.2. The molecule has 0 saturated carbocycles. The van der Waals surface area contributed by atoms with Gasteiger partial charge in [0.25, 0.3) is 0 Å². The maximum absolute atomic E-state index is 12.5. The van der Waals surface area contributed by atoms with Crippen LogP contribution < -0.4 is 10.6 Å². The highest BCUT2D eigenvalue weighted by Gasteiger charge is 2.39. The molecule has 110 valence electrons. The summed E-state index contributed by atoms with van der Waals surface area (Å²) in [5.41, 5.74) is -0.181. The summed E-state index contributed by atoms with van der Waals surface area (Å²) in [7, 11) is 0. The zero-order valence-corrected chi connectivity index (χ0v) is 12.2. The molecule has 2 unspecified atom stereocenters. The predicted molar refractivity (Wildman–Crippen MR) is 75.1 cm³/mol. The molecule has 19 heavy (non-hydrogen) atoms. The molecule has 2 saturated heterocycles. The summed E-state index contributed by atoms with van der Waals surface area (Å²) in [6.07, 6.45) is 1.87. The second kappa shape index (κ2) is 6.68. The average Bonchev–Trinajstić information content (AvgIpc) is 2.89. The van der Waals surface area contributed by atoms with E-state index < -0.39 is 0 Å². The Hall–Kier alpha value is -0.650. The number of hydrogen-bond acceptors (Lipinski definition) is 4. The molecule has 2 aliphatic heterocycles. The Morgan fingerprint density at radius 3 is 2.79 bits per heavy atom. The van der Waals surface area contributed by atoms with Crippen molar-refractivity contribution in [2.24, 2.45) is 5.41 Å². The summed E-state index contributed by atoms with van der Waals surface area (Å²) in [4.78, 5) is 14.8. The SMILES string of the molecule is CCC1(C(=O)NC(C)CN2CCOCC2)CCNC1. The molecule has 0 aromatic heterocycles. The van der Waals surface area contributed by atoms with Crippen LogP contribution in [-0.2, 0) is 9.53 Å². The van der Waals surface area contributed by atoms with Gasteiger partial charge in [0.2, 0.25) is 5.91 Å². The van der Waals surface area contributed by atoms with Crippen LogP contribution in [0.4, 0.5) is 0 Å². The van der Waals surface area contributed by atoms with E-state index in [1.54, 1.807) is 0 Å². The first-order valence-corrected chi connectivity index (χ1v) is 7.48. The summed E-state index contributed by atoms with van der Waals surface area (Å²) in [5, 5.41) is 6.51. The number of ether oxygens (including phenoxy) is 1. The number of hydrogen-bond donors (Lipinski definition) is 2. The van der Waals surface area contributed by atoms with Crippen molar-refractivity contribution in [1.82, 2.24) is 15.5 Å². The number of nitrogens with zero attached hydrogens (tertiary/aromatic N) is 1. The van der Waals surface area contributed by atoms with Gasteiger partial charge in [-0.1, -0.05) is 6.92 Å². The lowest BCUT2D eigenvalue weighted by Crippen LogP contribution is -2.50. The van der Waals surface area contributed by atoms with Crippen molar-refractivity contribution in [1.29, 1.82) is 0 Å². The average molecular weight is 269 g/mol. The lowest BCUT2D eigenvalue weighted by atomic mass is 9.83. The second-order valence-electron chi connectivity index (χ2n) is 5.85. The summed E-state index contributed by atoms with van der Waals surface area (Å²) < 4.78 is 5.34. The fourth-order valence-corrected chi connectivity index (χ4v) is 2.99. The van der Waals surface area contributed by atoms with Crippen LogP contribution in [0.25, 0.3) is 0 Å². The Morgan fingerprint density at radius 1 is 1.47 bits per heavy atom. The zero-order chi connectivity index (χ0) is 13.7. The molecule has 2 atom stereocenters. The third-order valence-electron chi connectivity index (χ3n) is 4.42. The van der Waals surface area contributed by atoms with E-state index in [1.165, 1.54) is 0 Å². The second-order valence-corrected chi connectivity index (χ2v) is 5.85. The van der Waals surface area contributed by atoms with Crippen molar-refractivity contribution in [2.45, 2.75) is 32.7 Å². The van der Waals surface area contributed by atoms with Gasteiger partial charge in [-0.3, -0.25) is 9.69 Å². The van der Waals surface area contributed by atoms with Crippen LogP contribution in [-0.4, -0.2) is 62.8 Å². The van der Waals surface area contributed by atoms with E-state index in [2.05, 4.69) is 29.4 Å². The van der Waals surface area contributed by atoms with E-state index in [0.29, 0.717) is 0 Å². The van der Waals surface area contributed by atoms with Crippen LogP contribution >= 0.6 is 0 Å². The molecule has 2 fully saturated rings. The first-order chi connectivity index (χ1) is 9.16. The largest absolute Gasteiger partial charge is 0.379 e. The van der Waals surface area contributed by atoms with Crippen LogP contribution in [0.2, 0.25) is 0 Å². The highest BCUT2D eigenvalue weighted by atomic mass is 16.5. The molecule has 5 nitrogen and oxygen atoms in total. The Kier molecular flexibility index (Phi) is 5.19. The number of carbonyl (C=O) groups excluding carboxylic acids is 1. The van der Waals surface area contributed by atoms with Crippen LogP contribution in [0.15, 0.2) is 0 Å². The maximum Gasteiger partial charge on any atom is 0.227 e. The van der Waals surface area contributed by atoms with E-state index >= 15 is 0 Å². The monoisotopic (exact) mass is 269 g/mol. The van der Waals surface area contributed by atoms with Gasteiger partial charge in [0.1, 0.15) is 0 Å². The van der Waals surface area contributed by atoms with Crippen LogP contribution in [0.3, 0.4) is 0 Å². The van der Waals surface area contributed by atoms with Crippen LogP contribution in [0, 0.1) is 5.41 Å². The molecule has 0 bridgehead atoms. The number of nitrogens with one attached hydrogen (secondary N) is 2. The van der Waals surface area contributed by atoms with E-state index in [9.17, 15) is 4.79 Å². The number of rotatable bonds is 5. The van der Waals surface area contributed by atoms with Gasteiger partial charge >= 0.3 is 0 Å². The molecular formula is C14H27N3O2. The smallest absolute Gasteiger partial charge is 0.227 e. The Morgan fingerprint density at radius 2 is 2.21 bits per heavy atom. The van der Waals surface area contributed by atoms with Gasteiger partial charge < -0.3 is 15.4 Å². The van der Waals surface area contributed by atoms with E-state index in [0.717, 1.165) is 58.8 Å². The van der Waals surface area contributed by atoms with E-state index in [-0.39, 0.29) is 17.4 Å². The fraction of sp³-hybridized carbons (Fsp3) is 0.929. The minimum atomic E-state index is -0.181. The van der Waals surface area contributed by atoms with E-state index in [4.69, 9.17) is 4.74 Å². The molecule has 0 radical (unpaired) electrons. The molecule has 0 aliphatic carbocycles. The van der Waals surface area contributed by atoms with Gasteiger partial charge in [0, 0.05) is 32.2 Å². The molecular weight excluding hydrogens is 242 g/mol. The summed E-state index contributed by atoms with van der Waals surface area (Å²) in [6.45, 7) is 10.5. The van der Waals surface area contributed by atoms with Gasteiger partial charge in [-0.05, 0) is 26.3 Å². The van der Waals surface area contributed by atoms with Crippen molar-refractivity contribution in [3.8, 4) is 0 Å². The minimum Gasteiger partial charge on any atom is -0.379 e. The molecule has 5 heteroatoms. The van der Waals surface area contributed by atoms with Gasteiger partial charge in [-0.2, -0.15) is 0 Å². The highest BCUT2D eigenvalue weighted by Crippen LogP contribution is 2.29. The molecule has 2 rings (SSSR count). The van der Waals surface area contributed by atoms with Gasteiger partial charge in [0.15, 0.2) is 0 Å². The Bertz CT molecular complexity index is 297. The molecule has 2 aliphatic rings.